The van der Waals surface area contributed by atoms with Crippen molar-refractivity contribution in [3.05, 3.63) is 60.7 Å². The molecule has 0 saturated heterocycles. The second-order valence-corrected chi connectivity index (χ2v) is 5.65. The number of hydrogen-bond donors (Lipinski definition) is 0. The average Bonchev–Trinajstić information content (AvgIpc) is 3.36. The van der Waals surface area contributed by atoms with Gasteiger partial charge >= 0.3 is 21.7 Å². The summed E-state index contributed by atoms with van der Waals surface area (Å²) in [5.74, 6) is 3.56. The van der Waals surface area contributed by atoms with E-state index in [0.717, 1.165) is 44.5 Å². The molecule has 7 heteroatoms. The second kappa shape index (κ2) is 12.7. The molecule has 0 amide bonds. The van der Waals surface area contributed by atoms with Crippen LogP contribution >= 0.6 is 0 Å². The first-order valence-corrected chi connectivity index (χ1v) is 8.26. The minimum absolute atomic E-state index is 0. The topological polar surface area (TPSA) is 36.9 Å². The summed E-state index contributed by atoms with van der Waals surface area (Å²) >= 11 is 0. The summed E-state index contributed by atoms with van der Waals surface area (Å²) in [5.41, 5.74) is 0. The maximum Gasteiger partial charge on any atom is 4.00 e. The predicted octanol–water partition coefficient (Wildman–Crippen LogP) is -0.843. The van der Waals surface area contributed by atoms with Crippen molar-refractivity contribution >= 4 is 21.5 Å². The third-order valence-corrected chi connectivity index (χ3v) is 4.35. The third kappa shape index (κ3) is 5.61. The number of methoxy groups -OCH3 is 4. The van der Waals surface area contributed by atoms with Gasteiger partial charge in [-0.25, -0.2) is 0 Å². The van der Waals surface area contributed by atoms with Crippen LogP contribution in [0.2, 0.25) is 0 Å². The summed E-state index contributed by atoms with van der Waals surface area (Å²) in [4.78, 5) is 0. The SMILES string of the molecule is COc1ccc(OC)c2[cH-]ccc12.COc1ccc(OC)c2[cH-]ccc12.[Cl-].[Cl-].[Ti+4]. The van der Waals surface area contributed by atoms with Crippen molar-refractivity contribution < 1.29 is 65.5 Å². The van der Waals surface area contributed by atoms with Crippen molar-refractivity contribution in [2.75, 3.05) is 28.4 Å². The number of fused-ring (bicyclic) bond motifs is 2. The van der Waals surface area contributed by atoms with Gasteiger partial charge in [0.25, 0.3) is 0 Å². The van der Waals surface area contributed by atoms with E-state index < -0.39 is 0 Å². The van der Waals surface area contributed by atoms with Gasteiger partial charge in [0.05, 0.1) is 39.9 Å². The molecule has 0 unspecified atom stereocenters. The van der Waals surface area contributed by atoms with E-state index in [1.807, 2.05) is 60.7 Å². The number of halogens is 2. The largest absolute Gasteiger partial charge is 4.00 e. The fourth-order valence-corrected chi connectivity index (χ4v) is 3.07. The van der Waals surface area contributed by atoms with Gasteiger partial charge in [-0.05, 0) is 12.1 Å². The maximum absolute atomic E-state index is 5.23. The first-order valence-electron chi connectivity index (χ1n) is 8.26. The quantitative estimate of drug-likeness (QED) is 0.289. The Morgan fingerprint density at radius 3 is 1.14 bits per heavy atom. The Balaban J connectivity index is 0.000000490. The van der Waals surface area contributed by atoms with Crippen molar-refractivity contribution in [1.82, 2.24) is 0 Å². The number of rotatable bonds is 4. The molecule has 0 heterocycles. The molecule has 0 N–H and O–H groups in total. The number of hydrogen-bond acceptors (Lipinski definition) is 4. The van der Waals surface area contributed by atoms with Crippen LogP contribution in [0.3, 0.4) is 0 Å². The Morgan fingerprint density at radius 2 is 0.828 bits per heavy atom. The van der Waals surface area contributed by atoms with Gasteiger partial charge in [-0.2, -0.15) is 24.3 Å². The predicted molar refractivity (Wildman–Crippen MR) is 105 cm³/mol. The van der Waals surface area contributed by atoms with Crippen LogP contribution in [0.1, 0.15) is 0 Å². The van der Waals surface area contributed by atoms with Crippen molar-refractivity contribution in [2.24, 2.45) is 0 Å². The molecule has 0 saturated carbocycles. The molecule has 0 aliphatic rings. The first-order chi connectivity index (χ1) is 12.7. The second-order valence-electron chi connectivity index (χ2n) is 5.65. The van der Waals surface area contributed by atoms with Gasteiger partial charge in [0.1, 0.15) is 0 Å². The standard InChI is InChI=1S/2C11H11O2.2ClH.Ti/c2*1-12-10-6-7-11(13-2)9-5-3-4-8(9)10;;;/h2*3-7H,1-2H3;2*1H;/q2*-1;;;+4/p-2. The molecule has 0 fully saturated rings. The van der Waals surface area contributed by atoms with Gasteiger partial charge in [0.15, 0.2) is 0 Å². The molecule has 0 bridgehead atoms. The van der Waals surface area contributed by atoms with Gasteiger partial charge in [0, 0.05) is 11.5 Å². The maximum atomic E-state index is 5.23. The molecule has 0 spiro atoms. The van der Waals surface area contributed by atoms with Gasteiger partial charge in [-0.15, -0.1) is 22.9 Å². The van der Waals surface area contributed by atoms with Gasteiger partial charge in [-0.1, -0.05) is 22.9 Å². The minimum atomic E-state index is 0. The zero-order valence-electron chi connectivity index (χ0n) is 16.7. The molecule has 0 aromatic heterocycles. The van der Waals surface area contributed by atoms with Crippen molar-refractivity contribution in [3.8, 4) is 23.0 Å². The monoisotopic (exact) mass is 468 g/mol. The summed E-state index contributed by atoms with van der Waals surface area (Å²) in [5, 5.41) is 4.40. The molecule has 0 atom stereocenters. The summed E-state index contributed by atoms with van der Waals surface area (Å²) in [6, 6.07) is 19.8. The molecular formula is C22H22Cl2O4Ti. The molecule has 4 aromatic rings. The van der Waals surface area contributed by atoms with Crippen LogP contribution in [0, 0.1) is 0 Å². The summed E-state index contributed by atoms with van der Waals surface area (Å²) in [6.07, 6.45) is 0. The van der Waals surface area contributed by atoms with E-state index in [9.17, 15) is 0 Å². The van der Waals surface area contributed by atoms with Crippen molar-refractivity contribution in [1.29, 1.82) is 0 Å². The fourth-order valence-electron chi connectivity index (χ4n) is 3.07. The van der Waals surface area contributed by atoms with E-state index in [0.29, 0.717) is 0 Å². The van der Waals surface area contributed by atoms with E-state index in [2.05, 4.69) is 0 Å². The first kappa shape index (κ1) is 27.2. The average molecular weight is 469 g/mol. The molecule has 152 valence electrons. The van der Waals surface area contributed by atoms with Gasteiger partial charge in [0.2, 0.25) is 0 Å². The molecule has 4 aromatic carbocycles. The van der Waals surface area contributed by atoms with E-state index in [1.165, 1.54) is 0 Å². The van der Waals surface area contributed by atoms with Crippen LogP contribution in [-0.4, -0.2) is 28.4 Å². The molecule has 4 rings (SSSR count). The van der Waals surface area contributed by atoms with E-state index >= 15 is 0 Å². The van der Waals surface area contributed by atoms with Gasteiger partial charge < -0.3 is 43.8 Å². The summed E-state index contributed by atoms with van der Waals surface area (Å²) in [7, 11) is 6.70. The van der Waals surface area contributed by atoms with E-state index in [1.54, 1.807) is 28.4 Å². The van der Waals surface area contributed by atoms with Gasteiger partial charge in [-0.3, -0.25) is 0 Å². The van der Waals surface area contributed by atoms with E-state index in [-0.39, 0.29) is 46.5 Å². The van der Waals surface area contributed by atoms with Crippen LogP contribution in [0.25, 0.3) is 21.5 Å². The molecule has 4 nitrogen and oxygen atoms in total. The summed E-state index contributed by atoms with van der Waals surface area (Å²) in [6.45, 7) is 0. The molecule has 0 aliphatic heterocycles. The molecule has 0 radical (unpaired) electrons. The normalized spacial score (nSPS) is 9.24. The Hall–Kier alpha value is -1.85. The third-order valence-electron chi connectivity index (χ3n) is 4.35. The van der Waals surface area contributed by atoms with E-state index in [4.69, 9.17) is 18.9 Å². The minimum Gasteiger partial charge on any atom is -1.00 e. The van der Waals surface area contributed by atoms with Crippen LogP contribution in [0.15, 0.2) is 60.7 Å². The Bertz CT molecular complexity index is 853. The zero-order chi connectivity index (χ0) is 18.5. The number of ether oxygens (including phenoxy) is 4. The van der Waals surface area contributed by atoms with Crippen LogP contribution in [-0.2, 0) is 21.7 Å². The van der Waals surface area contributed by atoms with Crippen molar-refractivity contribution in [3.63, 3.8) is 0 Å². The zero-order valence-corrected chi connectivity index (χ0v) is 19.7. The smallest absolute Gasteiger partial charge is 1.00 e. The Kier molecular flexibility index (Phi) is 11.9. The fraction of sp³-hybridized carbons (Fsp3) is 0.182. The number of benzene rings is 2. The summed E-state index contributed by atoms with van der Waals surface area (Å²) < 4.78 is 20.9. The molecular weight excluding hydrogens is 447 g/mol. The van der Waals surface area contributed by atoms with Crippen LogP contribution in [0.4, 0.5) is 0 Å². The molecule has 29 heavy (non-hydrogen) atoms. The Labute approximate surface area is 198 Å². The van der Waals surface area contributed by atoms with Crippen molar-refractivity contribution in [2.45, 2.75) is 0 Å². The molecule has 0 aliphatic carbocycles. The Morgan fingerprint density at radius 1 is 0.517 bits per heavy atom. The van der Waals surface area contributed by atoms with Crippen LogP contribution < -0.4 is 43.8 Å². The van der Waals surface area contributed by atoms with Crippen LogP contribution in [0.5, 0.6) is 23.0 Å².